The highest BCUT2D eigenvalue weighted by Crippen LogP contribution is 2.15. The first kappa shape index (κ1) is 15.1. The second-order valence-corrected chi connectivity index (χ2v) is 7.25. The van der Waals surface area contributed by atoms with Gasteiger partial charge in [-0.2, -0.15) is 0 Å². The van der Waals surface area contributed by atoms with Gasteiger partial charge >= 0.3 is 8.56 Å². The predicted molar refractivity (Wildman–Crippen MR) is 66.0 cm³/mol. The molecule has 0 rings (SSSR count). The standard InChI is InChI=1S/C10H26N2O2Si/c1-6-13-15(5,14-7-2)10-8-9-11-12(3)4/h11H,6-10H2,1-5H3. The van der Waals surface area contributed by atoms with Gasteiger partial charge in [0.25, 0.3) is 0 Å². The quantitative estimate of drug-likeness (QED) is 0.373. The Hall–Kier alpha value is 0.0569. The molecule has 0 aliphatic carbocycles. The Morgan fingerprint density at radius 2 is 1.67 bits per heavy atom. The monoisotopic (exact) mass is 234 g/mol. The summed E-state index contributed by atoms with van der Waals surface area (Å²) in [6.45, 7) is 8.70. The number of rotatable bonds is 9. The van der Waals surface area contributed by atoms with E-state index >= 15 is 0 Å². The van der Waals surface area contributed by atoms with Gasteiger partial charge in [0, 0.05) is 33.9 Å². The van der Waals surface area contributed by atoms with Crippen LogP contribution in [-0.4, -0.2) is 47.4 Å². The highest BCUT2D eigenvalue weighted by molar-refractivity contribution is 6.66. The maximum absolute atomic E-state index is 5.75. The molecule has 0 aromatic carbocycles. The number of hydrogen-bond donors (Lipinski definition) is 1. The fourth-order valence-corrected chi connectivity index (χ4v) is 3.92. The predicted octanol–water partition coefficient (Wildman–Crippen LogP) is 1.59. The first-order valence-electron chi connectivity index (χ1n) is 5.72. The summed E-state index contributed by atoms with van der Waals surface area (Å²) in [5.74, 6) is 0. The van der Waals surface area contributed by atoms with Crippen LogP contribution < -0.4 is 5.43 Å². The molecule has 92 valence electrons. The van der Waals surface area contributed by atoms with Crippen molar-refractivity contribution in [2.45, 2.75) is 32.9 Å². The van der Waals surface area contributed by atoms with Crippen LogP contribution in [0.25, 0.3) is 0 Å². The van der Waals surface area contributed by atoms with Gasteiger partial charge in [0.1, 0.15) is 0 Å². The molecule has 1 N–H and O–H groups in total. The molecule has 0 radical (unpaired) electrons. The largest absolute Gasteiger partial charge is 0.395 e. The lowest BCUT2D eigenvalue weighted by Gasteiger charge is -2.26. The zero-order valence-electron chi connectivity index (χ0n) is 10.8. The summed E-state index contributed by atoms with van der Waals surface area (Å²) in [5.41, 5.74) is 3.25. The third kappa shape index (κ3) is 7.93. The molecule has 15 heavy (non-hydrogen) atoms. The summed E-state index contributed by atoms with van der Waals surface area (Å²) in [7, 11) is 2.12. The summed E-state index contributed by atoms with van der Waals surface area (Å²) in [4.78, 5) is 0. The fourth-order valence-electron chi connectivity index (χ4n) is 1.51. The summed E-state index contributed by atoms with van der Waals surface area (Å²) in [5, 5.41) is 1.97. The molecule has 0 amide bonds. The van der Waals surface area contributed by atoms with Crippen LogP contribution in [0.15, 0.2) is 0 Å². The van der Waals surface area contributed by atoms with Crippen LogP contribution >= 0.6 is 0 Å². The van der Waals surface area contributed by atoms with E-state index in [-0.39, 0.29) is 0 Å². The molecule has 4 nitrogen and oxygen atoms in total. The first-order chi connectivity index (χ1) is 7.04. The van der Waals surface area contributed by atoms with E-state index in [0.29, 0.717) is 0 Å². The van der Waals surface area contributed by atoms with Crippen LogP contribution in [0.2, 0.25) is 12.6 Å². The van der Waals surface area contributed by atoms with Gasteiger partial charge in [-0.1, -0.05) is 0 Å². The van der Waals surface area contributed by atoms with Gasteiger partial charge in [0.2, 0.25) is 0 Å². The second kappa shape index (κ2) is 8.24. The van der Waals surface area contributed by atoms with E-state index in [1.54, 1.807) is 0 Å². The topological polar surface area (TPSA) is 33.7 Å². The lowest BCUT2D eigenvalue weighted by molar-refractivity contribution is 0.187. The SMILES string of the molecule is CCO[Si](C)(CCCNN(C)C)OCC. The van der Waals surface area contributed by atoms with Gasteiger partial charge in [-0.3, -0.25) is 10.4 Å². The number of nitrogens with zero attached hydrogens (tertiary/aromatic N) is 1. The Morgan fingerprint density at radius 1 is 1.13 bits per heavy atom. The molecule has 0 aliphatic heterocycles. The van der Waals surface area contributed by atoms with Gasteiger partial charge in [-0.15, -0.1) is 0 Å². The molecule has 0 bridgehead atoms. The molecule has 0 aromatic heterocycles. The van der Waals surface area contributed by atoms with Crippen LogP contribution in [0, 0.1) is 0 Å². The zero-order valence-corrected chi connectivity index (χ0v) is 11.8. The number of nitrogens with one attached hydrogen (secondary N) is 1. The third-order valence-electron chi connectivity index (χ3n) is 2.14. The smallest absolute Gasteiger partial charge is 0.334 e. The summed E-state index contributed by atoms with van der Waals surface area (Å²) < 4.78 is 11.5. The molecule has 0 aliphatic rings. The van der Waals surface area contributed by atoms with E-state index in [9.17, 15) is 0 Å². The van der Waals surface area contributed by atoms with Crippen molar-refractivity contribution in [3.05, 3.63) is 0 Å². The van der Waals surface area contributed by atoms with Crippen molar-refractivity contribution in [1.29, 1.82) is 0 Å². The number of hydrazine groups is 1. The van der Waals surface area contributed by atoms with E-state index in [1.807, 2.05) is 33.0 Å². The molecule has 0 fully saturated rings. The molecule has 5 heteroatoms. The first-order valence-corrected chi connectivity index (χ1v) is 8.25. The maximum atomic E-state index is 5.75. The van der Waals surface area contributed by atoms with Crippen molar-refractivity contribution in [3.8, 4) is 0 Å². The van der Waals surface area contributed by atoms with E-state index in [4.69, 9.17) is 8.85 Å². The molecule has 0 atom stereocenters. The van der Waals surface area contributed by atoms with E-state index in [1.165, 1.54) is 0 Å². The van der Waals surface area contributed by atoms with Gasteiger partial charge in [-0.05, 0) is 32.9 Å². The molecular weight excluding hydrogens is 208 g/mol. The van der Waals surface area contributed by atoms with Crippen molar-refractivity contribution in [2.75, 3.05) is 33.9 Å². The second-order valence-electron chi connectivity index (χ2n) is 3.91. The lowest BCUT2D eigenvalue weighted by atomic mass is 10.5. The number of hydrogen-bond acceptors (Lipinski definition) is 4. The zero-order chi connectivity index (χ0) is 11.7. The van der Waals surface area contributed by atoms with Gasteiger partial charge in [-0.25, -0.2) is 0 Å². The average Bonchev–Trinajstić information content (AvgIpc) is 2.13. The summed E-state index contributed by atoms with van der Waals surface area (Å²) in [6, 6.07) is 1.05. The van der Waals surface area contributed by atoms with E-state index in [2.05, 4.69) is 12.0 Å². The van der Waals surface area contributed by atoms with Crippen LogP contribution in [0.4, 0.5) is 0 Å². The minimum absolute atomic E-state index is 0.754. The molecule has 0 saturated carbocycles. The van der Waals surface area contributed by atoms with Crippen molar-refractivity contribution in [3.63, 3.8) is 0 Å². The molecule has 0 spiro atoms. The third-order valence-corrected chi connectivity index (χ3v) is 5.20. The molecule has 0 aromatic rings. The normalized spacial score (nSPS) is 12.4. The van der Waals surface area contributed by atoms with Crippen molar-refractivity contribution >= 4 is 8.56 Å². The van der Waals surface area contributed by atoms with E-state index < -0.39 is 8.56 Å². The lowest BCUT2D eigenvalue weighted by Crippen LogP contribution is -2.40. The fraction of sp³-hybridized carbons (Fsp3) is 1.00. The Labute approximate surface area is 95.2 Å². The highest BCUT2D eigenvalue weighted by atomic mass is 28.4. The minimum Gasteiger partial charge on any atom is -0.395 e. The Bertz CT molecular complexity index is 150. The summed E-state index contributed by atoms with van der Waals surface area (Å²) >= 11 is 0. The van der Waals surface area contributed by atoms with Crippen molar-refractivity contribution < 1.29 is 8.85 Å². The average molecular weight is 234 g/mol. The van der Waals surface area contributed by atoms with Gasteiger partial charge in [0.05, 0.1) is 0 Å². The maximum Gasteiger partial charge on any atom is 0.334 e. The van der Waals surface area contributed by atoms with E-state index in [0.717, 1.165) is 32.2 Å². The van der Waals surface area contributed by atoms with Crippen LogP contribution in [0.5, 0.6) is 0 Å². The molecular formula is C10H26N2O2Si. The molecule has 0 unspecified atom stereocenters. The minimum atomic E-state index is -1.88. The van der Waals surface area contributed by atoms with Gasteiger partial charge < -0.3 is 8.85 Å². The van der Waals surface area contributed by atoms with Crippen LogP contribution in [0.1, 0.15) is 20.3 Å². The summed E-state index contributed by atoms with van der Waals surface area (Å²) in [6.07, 6.45) is 1.10. The molecule has 0 saturated heterocycles. The molecule has 0 heterocycles. The Balaban J connectivity index is 3.75. The van der Waals surface area contributed by atoms with Crippen LogP contribution in [-0.2, 0) is 8.85 Å². The Kier molecular flexibility index (Phi) is 8.27. The van der Waals surface area contributed by atoms with Gasteiger partial charge in [0.15, 0.2) is 0 Å². The van der Waals surface area contributed by atoms with Crippen LogP contribution in [0.3, 0.4) is 0 Å². The van der Waals surface area contributed by atoms with Crippen molar-refractivity contribution in [2.24, 2.45) is 0 Å². The highest BCUT2D eigenvalue weighted by Gasteiger charge is 2.29. The van der Waals surface area contributed by atoms with Crippen molar-refractivity contribution in [1.82, 2.24) is 10.4 Å². The Morgan fingerprint density at radius 3 is 2.07 bits per heavy atom.